The van der Waals surface area contributed by atoms with E-state index in [2.05, 4.69) is 10.1 Å². The average Bonchev–Trinajstić information content (AvgIpc) is 3.09. The SMILES string of the molecule is COC(=O)/C=C/c1ccc(OCC(=O)NC(c2ccc3c(c2)OCCCO3)C(C)C)c(OC)c1. The summed E-state index contributed by atoms with van der Waals surface area (Å²) in [6.07, 6.45) is 3.75. The van der Waals surface area contributed by atoms with Crippen molar-refractivity contribution in [1.29, 1.82) is 0 Å². The lowest BCUT2D eigenvalue weighted by molar-refractivity contribution is -0.134. The second kappa shape index (κ2) is 12.0. The van der Waals surface area contributed by atoms with Crippen LogP contribution in [-0.2, 0) is 14.3 Å². The lowest BCUT2D eigenvalue weighted by Crippen LogP contribution is -2.35. The molecule has 0 bridgehead atoms. The Hall–Kier alpha value is -3.68. The number of amides is 1. The van der Waals surface area contributed by atoms with Crippen LogP contribution in [0.5, 0.6) is 23.0 Å². The van der Waals surface area contributed by atoms with Gasteiger partial charge in [-0.2, -0.15) is 0 Å². The molecule has 1 aliphatic rings. The van der Waals surface area contributed by atoms with Crippen LogP contribution in [0.4, 0.5) is 0 Å². The summed E-state index contributed by atoms with van der Waals surface area (Å²) in [5, 5.41) is 3.05. The molecule has 0 fully saturated rings. The Kier molecular flexibility index (Phi) is 8.79. The van der Waals surface area contributed by atoms with Crippen LogP contribution in [0.25, 0.3) is 6.08 Å². The number of ether oxygens (including phenoxy) is 5. The Labute approximate surface area is 199 Å². The maximum atomic E-state index is 12.7. The number of hydrogen-bond donors (Lipinski definition) is 1. The number of carbonyl (C=O) groups excluding carboxylic acids is 2. The van der Waals surface area contributed by atoms with E-state index in [1.54, 1.807) is 24.3 Å². The summed E-state index contributed by atoms with van der Waals surface area (Å²) >= 11 is 0. The van der Waals surface area contributed by atoms with Crippen molar-refractivity contribution in [3.05, 3.63) is 53.6 Å². The minimum Gasteiger partial charge on any atom is -0.493 e. The fourth-order valence-electron chi connectivity index (χ4n) is 3.51. The molecule has 8 heteroatoms. The number of methoxy groups -OCH3 is 2. The van der Waals surface area contributed by atoms with Gasteiger partial charge in [0.25, 0.3) is 5.91 Å². The summed E-state index contributed by atoms with van der Waals surface area (Å²) < 4.78 is 27.2. The third kappa shape index (κ3) is 6.66. The third-order valence-corrected chi connectivity index (χ3v) is 5.27. The van der Waals surface area contributed by atoms with Gasteiger partial charge in [-0.3, -0.25) is 4.79 Å². The van der Waals surface area contributed by atoms with Crippen molar-refractivity contribution in [2.75, 3.05) is 34.0 Å². The molecule has 2 aromatic rings. The molecule has 8 nitrogen and oxygen atoms in total. The van der Waals surface area contributed by atoms with Gasteiger partial charge in [-0.1, -0.05) is 26.0 Å². The van der Waals surface area contributed by atoms with Gasteiger partial charge in [0.15, 0.2) is 29.6 Å². The van der Waals surface area contributed by atoms with Crippen molar-refractivity contribution < 1.29 is 33.3 Å². The first-order valence-electron chi connectivity index (χ1n) is 11.2. The van der Waals surface area contributed by atoms with Gasteiger partial charge in [0, 0.05) is 12.5 Å². The van der Waals surface area contributed by atoms with Crippen LogP contribution in [0.2, 0.25) is 0 Å². The molecule has 0 aliphatic carbocycles. The van der Waals surface area contributed by atoms with E-state index in [-0.39, 0.29) is 24.5 Å². The van der Waals surface area contributed by atoms with Gasteiger partial charge in [-0.25, -0.2) is 4.79 Å². The Bertz CT molecular complexity index is 1030. The third-order valence-electron chi connectivity index (χ3n) is 5.27. The average molecular weight is 470 g/mol. The highest BCUT2D eigenvalue weighted by Crippen LogP contribution is 2.34. The molecule has 34 heavy (non-hydrogen) atoms. The standard InChI is InChI=1S/C26H31NO7/c1-17(2)26(19-8-10-21-23(15-19)33-13-5-12-32-21)27-24(28)16-34-20-9-6-18(14-22(20)30-3)7-11-25(29)31-4/h6-11,14-15,17,26H,5,12-13,16H2,1-4H3,(H,27,28)/b11-7+. The molecular weight excluding hydrogens is 438 g/mol. The zero-order chi connectivity index (χ0) is 24.5. The number of nitrogens with one attached hydrogen (secondary N) is 1. The van der Waals surface area contributed by atoms with E-state index in [9.17, 15) is 9.59 Å². The summed E-state index contributed by atoms with van der Waals surface area (Å²) in [7, 11) is 2.82. The van der Waals surface area contributed by atoms with Crippen molar-refractivity contribution in [2.45, 2.75) is 26.3 Å². The van der Waals surface area contributed by atoms with Crippen molar-refractivity contribution in [2.24, 2.45) is 5.92 Å². The summed E-state index contributed by atoms with van der Waals surface area (Å²) in [6.45, 7) is 5.13. The highest BCUT2D eigenvalue weighted by atomic mass is 16.5. The van der Waals surface area contributed by atoms with Gasteiger partial charge in [0.2, 0.25) is 0 Å². The summed E-state index contributed by atoms with van der Waals surface area (Å²) in [4.78, 5) is 24.0. The maximum absolute atomic E-state index is 12.7. The molecule has 0 spiro atoms. The van der Waals surface area contributed by atoms with E-state index in [1.807, 2.05) is 32.0 Å². The Morgan fingerprint density at radius 2 is 1.79 bits per heavy atom. The van der Waals surface area contributed by atoms with E-state index in [1.165, 1.54) is 20.3 Å². The minimum absolute atomic E-state index is 0.143. The van der Waals surface area contributed by atoms with Gasteiger partial charge >= 0.3 is 5.97 Å². The number of benzene rings is 2. The Morgan fingerprint density at radius 3 is 2.50 bits per heavy atom. The van der Waals surface area contributed by atoms with E-state index >= 15 is 0 Å². The minimum atomic E-state index is -0.454. The van der Waals surface area contributed by atoms with Gasteiger partial charge in [-0.15, -0.1) is 0 Å². The maximum Gasteiger partial charge on any atom is 0.330 e. The lowest BCUT2D eigenvalue weighted by Gasteiger charge is -2.24. The number of hydrogen-bond acceptors (Lipinski definition) is 7. The van der Waals surface area contributed by atoms with Crippen molar-refractivity contribution in [1.82, 2.24) is 5.32 Å². The second-order valence-corrected chi connectivity index (χ2v) is 8.10. The molecule has 182 valence electrons. The predicted molar refractivity (Wildman–Crippen MR) is 127 cm³/mol. The fourth-order valence-corrected chi connectivity index (χ4v) is 3.51. The first kappa shape index (κ1) is 25.0. The van der Waals surface area contributed by atoms with Crippen molar-refractivity contribution in [3.63, 3.8) is 0 Å². The van der Waals surface area contributed by atoms with Crippen LogP contribution in [-0.4, -0.2) is 45.9 Å². The van der Waals surface area contributed by atoms with Crippen molar-refractivity contribution >= 4 is 18.0 Å². The molecule has 1 N–H and O–H groups in total. The predicted octanol–water partition coefficient (Wildman–Crippen LogP) is 3.94. The largest absolute Gasteiger partial charge is 0.493 e. The van der Waals surface area contributed by atoms with E-state index in [0.717, 1.165) is 23.3 Å². The number of carbonyl (C=O) groups is 2. The van der Waals surface area contributed by atoms with Crippen LogP contribution in [0.3, 0.4) is 0 Å². The Morgan fingerprint density at radius 1 is 1.03 bits per heavy atom. The van der Waals surface area contributed by atoms with E-state index < -0.39 is 5.97 Å². The molecule has 2 aromatic carbocycles. The lowest BCUT2D eigenvalue weighted by atomic mass is 9.95. The quantitative estimate of drug-likeness (QED) is 0.439. The van der Waals surface area contributed by atoms with Gasteiger partial charge in [0.05, 0.1) is 33.5 Å². The summed E-state index contributed by atoms with van der Waals surface area (Å²) in [5.41, 5.74) is 1.67. The molecule has 1 unspecified atom stereocenters. The Balaban J connectivity index is 1.65. The van der Waals surface area contributed by atoms with Crippen LogP contribution in [0.1, 0.15) is 37.4 Å². The van der Waals surface area contributed by atoms with Gasteiger partial charge < -0.3 is 29.0 Å². The smallest absolute Gasteiger partial charge is 0.330 e. The fraction of sp³-hybridized carbons (Fsp3) is 0.385. The highest BCUT2D eigenvalue weighted by molar-refractivity contribution is 5.87. The number of esters is 1. The zero-order valence-corrected chi connectivity index (χ0v) is 20.0. The number of rotatable bonds is 9. The molecule has 1 heterocycles. The van der Waals surface area contributed by atoms with Gasteiger partial charge in [0.1, 0.15) is 0 Å². The zero-order valence-electron chi connectivity index (χ0n) is 20.0. The van der Waals surface area contributed by atoms with Crippen LogP contribution < -0.4 is 24.3 Å². The van der Waals surface area contributed by atoms with E-state index in [0.29, 0.717) is 30.5 Å². The molecule has 1 amide bonds. The van der Waals surface area contributed by atoms with Crippen LogP contribution in [0, 0.1) is 5.92 Å². The molecule has 1 atom stereocenters. The van der Waals surface area contributed by atoms with E-state index in [4.69, 9.17) is 18.9 Å². The summed E-state index contributed by atoms with van der Waals surface area (Å²) in [6, 6.07) is 10.7. The monoisotopic (exact) mass is 469 g/mol. The first-order chi connectivity index (χ1) is 16.4. The molecular formula is C26H31NO7. The molecule has 0 aromatic heterocycles. The first-order valence-corrected chi connectivity index (χ1v) is 11.2. The van der Waals surface area contributed by atoms with Crippen LogP contribution in [0.15, 0.2) is 42.5 Å². The molecule has 1 aliphatic heterocycles. The van der Waals surface area contributed by atoms with Gasteiger partial charge in [-0.05, 0) is 47.4 Å². The topological polar surface area (TPSA) is 92.3 Å². The molecule has 0 radical (unpaired) electrons. The molecule has 3 rings (SSSR count). The highest BCUT2D eigenvalue weighted by Gasteiger charge is 2.21. The number of fused-ring (bicyclic) bond motifs is 1. The van der Waals surface area contributed by atoms with Crippen LogP contribution >= 0.6 is 0 Å². The second-order valence-electron chi connectivity index (χ2n) is 8.10. The van der Waals surface area contributed by atoms with Crippen molar-refractivity contribution in [3.8, 4) is 23.0 Å². The summed E-state index contributed by atoms with van der Waals surface area (Å²) in [5.74, 6) is 1.70. The molecule has 0 saturated heterocycles. The normalized spacial score (nSPS) is 13.8. The molecule has 0 saturated carbocycles.